The van der Waals surface area contributed by atoms with Gasteiger partial charge >= 0.3 is 18.0 Å². The highest BCUT2D eigenvalue weighted by Crippen LogP contribution is 2.28. The van der Waals surface area contributed by atoms with E-state index in [1.54, 1.807) is 0 Å². The Labute approximate surface area is 241 Å². The van der Waals surface area contributed by atoms with Crippen molar-refractivity contribution in [1.29, 1.82) is 0 Å². The molecule has 3 rings (SSSR count). The van der Waals surface area contributed by atoms with Gasteiger partial charge in [-0.05, 0) is 97.5 Å². The molecular weight excluding hydrogens is 508 g/mol. The molecule has 40 heavy (non-hydrogen) atoms. The molecule has 0 bridgehead atoms. The predicted octanol–water partition coefficient (Wildman–Crippen LogP) is 6.44. The molecule has 2 aliphatic carbocycles. The first-order valence-corrected chi connectivity index (χ1v) is 14.8. The van der Waals surface area contributed by atoms with E-state index in [0.29, 0.717) is 18.8 Å². The molecule has 0 spiro atoms. The molecule has 0 radical (unpaired) electrons. The molecule has 1 aromatic rings. The van der Waals surface area contributed by atoms with Crippen molar-refractivity contribution in [3.63, 3.8) is 0 Å². The van der Waals surface area contributed by atoms with Gasteiger partial charge in [0.2, 0.25) is 0 Å². The minimum Gasteiger partial charge on any atom is -0.460 e. The summed E-state index contributed by atoms with van der Waals surface area (Å²) in [5.74, 6) is 0.443. The van der Waals surface area contributed by atoms with E-state index in [-0.39, 0.29) is 42.1 Å². The molecule has 0 heterocycles. The Kier molecular flexibility index (Phi) is 13.4. The summed E-state index contributed by atoms with van der Waals surface area (Å²) in [5, 5.41) is 2.93. The predicted molar refractivity (Wildman–Crippen MR) is 156 cm³/mol. The zero-order chi connectivity index (χ0) is 29.8. The summed E-state index contributed by atoms with van der Waals surface area (Å²) in [7, 11) is 0. The van der Waals surface area contributed by atoms with Crippen LogP contribution in [0.15, 0.2) is 30.3 Å². The van der Waals surface area contributed by atoms with Gasteiger partial charge in [0.1, 0.15) is 17.8 Å². The van der Waals surface area contributed by atoms with Gasteiger partial charge in [0.25, 0.3) is 0 Å². The van der Waals surface area contributed by atoms with Crippen molar-refractivity contribution in [2.75, 3.05) is 0 Å². The number of ether oxygens (including phenoxy) is 3. The maximum Gasteiger partial charge on any atom is 0.407 e. The fourth-order valence-corrected chi connectivity index (χ4v) is 5.29. The second-order valence-electron chi connectivity index (χ2n) is 13.3. The highest BCUT2D eigenvalue weighted by molar-refractivity contribution is 5.70. The van der Waals surface area contributed by atoms with Gasteiger partial charge < -0.3 is 25.3 Å². The summed E-state index contributed by atoms with van der Waals surface area (Å²) in [5.41, 5.74) is 6.02. The van der Waals surface area contributed by atoms with Crippen molar-refractivity contribution >= 4 is 18.0 Å². The van der Waals surface area contributed by atoms with Gasteiger partial charge in [0.15, 0.2) is 0 Å². The smallest absolute Gasteiger partial charge is 0.407 e. The maximum absolute atomic E-state index is 12.0. The molecular formula is C32H52N2O6. The van der Waals surface area contributed by atoms with Crippen LogP contribution >= 0.6 is 0 Å². The fraction of sp³-hybridized carbons (Fsp3) is 0.719. The first-order chi connectivity index (χ1) is 18.7. The third-order valence-corrected chi connectivity index (χ3v) is 6.89. The van der Waals surface area contributed by atoms with Gasteiger partial charge in [-0.3, -0.25) is 9.59 Å². The van der Waals surface area contributed by atoms with Crippen LogP contribution in [0.25, 0.3) is 0 Å². The van der Waals surface area contributed by atoms with Crippen molar-refractivity contribution in [3.05, 3.63) is 35.9 Å². The Bertz CT molecular complexity index is 922. The zero-order valence-electron chi connectivity index (χ0n) is 25.5. The number of rotatable bonds is 7. The molecule has 3 N–H and O–H groups in total. The summed E-state index contributed by atoms with van der Waals surface area (Å²) < 4.78 is 16.0. The fourth-order valence-electron chi connectivity index (χ4n) is 5.29. The van der Waals surface area contributed by atoms with Crippen LogP contribution in [0.5, 0.6) is 0 Å². The van der Waals surface area contributed by atoms with Crippen LogP contribution in [0.2, 0.25) is 0 Å². The molecule has 0 unspecified atom stereocenters. The number of nitrogens with two attached hydrogens (primary N) is 1. The highest BCUT2D eigenvalue weighted by atomic mass is 16.6. The van der Waals surface area contributed by atoms with Crippen molar-refractivity contribution in [2.45, 2.75) is 136 Å². The number of hydrogen-bond acceptors (Lipinski definition) is 7. The van der Waals surface area contributed by atoms with E-state index in [2.05, 4.69) is 5.32 Å². The lowest BCUT2D eigenvalue weighted by Crippen LogP contribution is -2.39. The van der Waals surface area contributed by atoms with Crippen molar-refractivity contribution in [1.82, 2.24) is 5.32 Å². The van der Waals surface area contributed by atoms with Crippen LogP contribution in [0, 0.1) is 11.8 Å². The van der Waals surface area contributed by atoms with E-state index in [1.807, 2.05) is 71.9 Å². The largest absolute Gasteiger partial charge is 0.460 e. The summed E-state index contributed by atoms with van der Waals surface area (Å²) in [6.45, 7) is 11.6. The number of carbonyl (C=O) groups is 3. The van der Waals surface area contributed by atoms with Gasteiger partial charge in [-0.25, -0.2) is 4.79 Å². The maximum atomic E-state index is 12.0. The third kappa shape index (κ3) is 15.2. The molecule has 4 atom stereocenters. The van der Waals surface area contributed by atoms with Crippen molar-refractivity contribution < 1.29 is 28.6 Å². The lowest BCUT2D eigenvalue weighted by molar-refractivity contribution is -0.157. The lowest BCUT2D eigenvalue weighted by Gasteiger charge is -2.30. The molecule has 2 saturated carbocycles. The van der Waals surface area contributed by atoms with Gasteiger partial charge in [-0.1, -0.05) is 43.2 Å². The molecule has 2 fully saturated rings. The van der Waals surface area contributed by atoms with Crippen LogP contribution in [0.1, 0.15) is 111 Å². The average molecular weight is 561 g/mol. The van der Waals surface area contributed by atoms with Gasteiger partial charge in [-0.15, -0.1) is 0 Å². The second-order valence-corrected chi connectivity index (χ2v) is 13.3. The number of alkyl carbamates (subject to hydrolysis) is 1. The Morgan fingerprint density at radius 1 is 0.800 bits per heavy atom. The monoisotopic (exact) mass is 560 g/mol. The van der Waals surface area contributed by atoms with Crippen molar-refractivity contribution in [3.8, 4) is 0 Å². The van der Waals surface area contributed by atoms with E-state index < -0.39 is 11.7 Å². The summed E-state index contributed by atoms with van der Waals surface area (Å²) in [4.78, 5) is 35.5. The quantitative estimate of drug-likeness (QED) is 0.291. The zero-order valence-corrected chi connectivity index (χ0v) is 25.5. The molecule has 0 aliphatic heterocycles. The van der Waals surface area contributed by atoms with E-state index >= 15 is 0 Å². The van der Waals surface area contributed by atoms with Crippen LogP contribution in [-0.4, -0.2) is 41.3 Å². The van der Waals surface area contributed by atoms with E-state index in [0.717, 1.165) is 56.9 Å². The number of amides is 1. The summed E-state index contributed by atoms with van der Waals surface area (Å²) in [6, 6.07) is 9.94. The Hall–Kier alpha value is -2.61. The summed E-state index contributed by atoms with van der Waals surface area (Å²) >= 11 is 0. The van der Waals surface area contributed by atoms with Gasteiger partial charge in [-0.2, -0.15) is 0 Å². The number of nitrogens with one attached hydrogen (secondary N) is 1. The third-order valence-electron chi connectivity index (χ3n) is 6.89. The van der Waals surface area contributed by atoms with Crippen LogP contribution in [0.4, 0.5) is 4.79 Å². The molecule has 8 heteroatoms. The first kappa shape index (κ1) is 33.6. The van der Waals surface area contributed by atoms with E-state index in [4.69, 9.17) is 19.9 Å². The van der Waals surface area contributed by atoms with E-state index in [9.17, 15) is 14.4 Å². The number of benzene rings is 1. The first-order valence-electron chi connectivity index (χ1n) is 14.8. The Balaban J connectivity index is 0.000000319. The SMILES string of the molecule is CC(C)(C)OC(=O)C[C@H]1CCC[C@@H](N)C1.CC(C)(C)OC(=O)C[C@H]1CCC[C@@H](NC(=O)OCc2ccccc2)C1. The van der Waals surface area contributed by atoms with Crippen molar-refractivity contribution in [2.24, 2.45) is 17.6 Å². The average Bonchev–Trinajstić information content (AvgIpc) is 2.81. The molecule has 8 nitrogen and oxygen atoms in total. The number of carbonyl (C=O) groups excluding carboxylic acids is 3. The van der Waals surface area contributed by atoms with Crippen LogP contribution in [-0.2, 0) is 30.4 Å². The van der Waals surface area contributed by atoms with Gasteiger partial charge in [0.05, 0.1) is 0 Å². The molecule has 0 aromatic heterocycles. The van der Waals surface area contributed by atoms with Crippen LogP contribution < -0.4 is 11.1 Å². The second kappa shape index (κ2) is 16.0. The van der Waals surface area contributed by atoms with Gasteiger partial charge in [0, 0.05) is 24.9 Å². The minimum atomic E-state index is -0.454. The standard InChI is InChI=1S/C20H29NO4.C12H23NO2/c1-20(2,3)25-18(22)13-16-10-7-11-17(12-16)21-19(23)24-14-15-8-5-4-6-9-15;1-12(2,3)15-11(14)8-9-5-4-6-10(13)7-9/h4-6,8-9,16-17H,7,10-14H2,1-3H3,(H,21,23);9-10H,4-8,13H2,1-3H3/t16-,17+;9-,10+/m00/s1. The normalized spacial score (nSPS) is 23.2. The molecule has 226 valence electrons. The Morgan fingerprint density at radius 2 is 1.32 bits per heavy atom. The minimum absolute atomic E-state index is 0.0597. The summed E-state index contributed by atoms with van der Waals surface area (Å²) in [6.07, 6.45) is 8.59. The van der Waals surface area contributed by atoms with E-state index in [1.165, 1.54) is 0 Å². The molecule has 0 saturated heterocycles. The lowest BCUT2D eigenvalue weighted by atomic mass is 9.84. The molecule has 1 aromatic carbocycles. The topological polar surface area (TPSA) is 117 Å². The number of hydrogen-bond donors (Lipinski definition) is 2. The number of esters is 2. The molecule has 2 aliphatic rings. The Morgan fingerprint density at radius 3 is 1.85 bits per heavy atom. The molecule has 1 amide bonds. The van der Waals surface area contributed by atoms with Crippen LogP contribution in [0.3, 0.4) is 0 Å². The highest BCUT2D eigenvalue weighted by Gasteiger charge is 2.28.